The van der Waals surface area contributed by atoms with Crippen LogP contribution in [0.5, 0.6) is 0 Å². The molecule has 0 aliphatic carbocycles. The first-order valence-corrected chi connectivity index (χ1v) is 9.10. The van der Waals surface area contributed by atoms with E-state index in [0.717, 1.165) is 22.5 Å². The van der Waals surface area contributed by atoms with Crippen LogP contribution in [0.4, 0.5) is 0 Å². The van der Waals surface area contributed by atoms with Gasteiger partial charge in [-0.15, -0.1) is 11.3 Å². The average Bonchev–Trinajstić information content (AvgIpc) is 3.19. The zero-order valence-electron chi connectivity index (χ0n) is 14.5. The third-order valence-electron chi connectivity index (χ3n) is 3.76. The van der Waals surface area contributed by atoms with Crippen molar-refractivity contribution in [2.45, 2.75) is 12.8 Å². The summed E-state index contributed by atoms with van der Waals surface area (Å²) in [4.78, 5) is 32.8. The van der Waals surface area contributed by atoms with E-state index in [9.17, 15) is 14.9 Å². The first-order chi connectivity index (χ1) is 13.1. The van der Waals surface area contributed by atoms with Crippen LogP contribution in [0, 0.1) is 11.3 Å². The van der Waals surface area contributed by atoms with E-state index in [1.165, 1.54) is 11.6 Å². The van der Waals surface area contributed by atoms with Crippen LogP contribution in [0.15, 0.2) is 54.0 Å². The molecule has 1 atom stereocenters. The molecule has 2 heterocycles. The fourth-order valence-corrected chi connectivity index (χ4v) is 3.30. The lowest BCUT2D eigenvalue weighted by Gasteiger charge is -2.07. The number of thiazole rings is 1. The van der Waals surface area contributed by atoms with E-state index < -0.39 is 17.7 Å². The van der Waals surface area contributed by atoms with Gasteiger partial charge >= 0.3 is 5.97 Å². The van der Waals surface area contributed by atoms with Crippen molar-refractivity contribution < 1.29 is 14.3 Å². The molecule has 0 amide bonds. The molecular weight excluding hydrogens is 362 g/mol. The Balaban J connectivity index is 1.88. The van der Waals surface area contributed by atoms with Crippen molar-refractivity contribution in [1.29, 1.82) is 5.26 Å². The molecule has 6 nitrogen and oxygen atoms in total. The SMILES string of the molecule is CCOC(=O)c1csc(C(C#N)C(=O)c2cc(-c3ccccc3)ccn2)n1. The lowest BCUT2D eigenvalue weighted by atomic mass is 10.00. The molecule has 0 aliphatic heterocycles. The summed E-state index contributed by atoms with van der Waals surface area (Å²) in [5.74, 6) is -2.16. The van der Waals surface area contributed by atoms with Crippen LogP contribution in [0.1, 0.15) is 38.8 Å². The van der Waals surface area contributed by atoms with Gasteiger partial charge in [0.15, 0.2) is 11.6 Å². The zero-order chi connectivity index (χ0) is 19.2. The van der Waals surface area contributed by atoms with E-state index in [4.69, 9.17) is 4.74 Å². The summed E-state index contributed by atoms with van der Waals surface area (Å²) < 4.78 is 4.89. The van der Waals surface area contributed by atoms with Crippen LogP contribution >= 0.6 is 11.3 Å². The van der Waals surface area contributed by atoms with E-state index in [2.05, 4.69) is 9.97 Å². The zero-order valence-corrected chi connectivity index (χ0v) is 15.3. The third kappa shape index (κ3) is 4.07. The fourth-order valence-electron chi connectivity index (χ4n) is 2.47. The molecule has 1 aromatic carbocycles. The maximum Gasteiger partial charge on any atom is 0.357 e. The Kier molecular flexibility index (Phi) is 5.69. The number of nitriles is 1. The molecule has 1 unspecified atom stereocenters. The highest BCUT2D eigenvalue weighted by atomic mass is 32.1. The molecule has 0 aliphatic rings. The number of pyridine rings is 1. The molecule has 0 saturated heterocycles. The maximum atomic E-state index is 12.8. The third-order valence-corrected chi connectivity index (χ3v) is 4.67. The van der Waals surface area contributed by atoms with Crippen molar-refractivity contribution in [2.75, 3.05) is 6.61 Å². The predicted octanol–water partition coefficient (Wildman–Crippen LogP) is 3.87. The van der Waals surface area contributed by atoms with Crippen LogP contribution in [0.3, 0.4) is 0 Å². The number of esters is 1. The maximum absolute atomic E-state index is 12.8. The Hall–Kier alpha value is -3.37. The van der Waals surface area contributed by atoms with Gasteiger partial charge in [-0.25, -0.2) is 9.78 Å². The minimum absolute atomic E-state index is 0.0934. The van der Waals surface area contributed by atoms with Gasteiger partial charge in [0.1, 0.15) is 10.7 Å². The molecule has 0 fully saturated rings. The summed E-state index contributed by atoms with van der Waals surface area (Å²) in [6.45, 7) is 1.92. The lowest BCUT2D eigenvalue weighted by molar-refractivity contribution is 0.0519. The summed E-state index contributed by atoms with van der Waals surface area (Å²) in [6.07, 6.45) is 1.54. The van der Waals surface area contributed by atoms with Gasteiger partial charge in [0, 0.05) is 11.6 Å². The van der Waals surface area contributed by atoms with E-state index in [1.54, 1.807) is 19.1 Å². The van der Waals surface area contributed by atoms with Crippen LogP contribution in [0.2, 0.25) is 0 Å². The second-order valence-electron chi connectivity index (χ2n) is 5.51. The Morgan fingerprint density at radius 1 is 1.19 bits per heavy atom. The molecule has 3 aromatic rings. The highest BCUT2D eigenvalue weighted by molar-refractivity contribution is 7.10. The average molecular weight is 377 g/mol. The molecule has 0 N–H and O–H groups in total. The number of carbonyl (C=O) groups excluding carboxylic acids is 2. The van der Waals surface area contributed by atoms with Gasteiger partial charge in [-0.05, 0) is 30.2 Å². The van der Waals surface area contributed by atoms with Gasteiger partial charge < -0.3 is 4.74 Å². The number of nitrogens with zero attached hydrogens (tertiary/aromatic N) is 3. The number of aromatic nitrogens is 2. The van der Waals surface area contributed by atoms with Crippen LogP contribution in [-0.4, -0.2) is 28.3 Å². The molecular formula is C20H15N3O3S. The van der Waals surface area contributed by atoms with Gasteiger partial charge in [0.25, 0.3) is 0 Å². The summed E-state index contributed by atoms with van der Waals surface area (Å²) in [7, 11) is 0. The Bertz CT molecular complexity index is 1010. The topological polar surface area (TPSA) is 92.9 Å². The summed E-state index contributed by atoms with van der Waals surface area (Å²) in [6, 6.07) is 15.0. The van der Waals surface area contributed by atoms with Gasteiger partial charge in [0.2, 0.25) is 5.78 Å². The molecule has 134 valence electrons. The standard InChI is InChI=1S/C20H15N3O3S/c1-2-26-20(25)17-12-27-19(23-17)15(11-21)18(24)16-10-14(8-9-22-16)13-6-4-3-5-7-13/h3-10,12,15H,2H2,1H3. The number of carbonyl (C=O) groups is 2. The van der Waals surface area contributed by atoms with Crippen molar-refractivity contribution in [3.63, 3.8) is 0 Å². The summed E-state index contributed by atoms with van der Waals surface area (Å²) >= 11 is 1.08. The van der Waals surface area contributed by atoms with Crippen molar-refractivity contribution in [3.8, 4) is 17.2 Å². The first kappa shape index (κ1) is 18.4. The highest BCUT2D eigenvalue weighted by Gasteiger charge is 2.27. The first-order valence-electron chi connectivity index (χ1n) is 8.22. The van der Waals surface area contributed by atoms with Gasteiger partial charge in [-0.2, -0.15) is 5.26 Å². The van der Waals surface area contributed by atoms with Crippen molar-refractivity contribution in [3.05, 3.63) is 70.4 Å². The number of hydrogen-bond donors (Lipinski definition) is 0. The smallest absolute Gasteiger partial charge is 0.357 e. The molecule has 0 spiro atoms. The van der Waals surface area contributed by atoms with E-state index in [0.29, 0.717) is 0 Å². The van der Waals surface area contributed by atoms with Crippen LogP contribution in [-0.2, 0) is 4.74 Å². The largest absolute Gasteiger partial charge is 0.461 e. The number of ketones is 1. The monoisotopic (exact) mass is 377 g/mol. The molecule has 27 heavy (non-hydrogen) atoms. The quantitative estimate of drug-likeness (QED) is 0.478. The minimum Gasteiger partial charge on any atom is -0.461 e. The number of benzene rings is 1. The number of Topliss-reactive ketones (excluding diaryl/α,β-unsaturated/α-hetero) is 1. The minimum atomic E-state index is -1.13. The van der Waals surface area contributed by atoms with Crippen LogP contribution in [0.25, 0.3) is 11.1 Å². The number of ether oxygens (including phenoxy) is 1. The summed E-state index contributed by atoms with van der Waals surface area (Å²) in [5.41, 5.74) is 2.05. The highest BCUT2D eigenvalue weighted by Crippen LogP contribution is 2.26. The molecule has 3 rings (SSSR count). The molecule has 2 aromatic heterocycles. The Morgan fingerprint density at radius 3 is 2.67 bits per heavy atom. The normalized spacial score (nSPS) is 11.4. The fraction of sp³-hybridized carbons (Fsp3) is 0.150. The molecule has 7 heteroatoms. The Labute approximate surface area is 160 Å². The van der Waals surface area contributed by atoms with E-state index in [1.807, 2.05) is 36.4 Å². The predicted molar refractivity (Wildman–Crippen MR) is 100 cm³/mol. The van der Waals surface area contributed by atoms with Crippen LogP contribution < -0.4 is 0 Å². The van der Waals surface area contributed by atoms with Crippen molar-refractivity contribution in [1.82, 2.24) is 9.97 Å². The van der Waals surface area contributed by atoms with Gasteiger partial charge in [-0.3, -0.25) is 9.78 Å². The lowest BCUT2D eigenvalue weighted by Crippen LogP contribution is -2.13. The van der Waals surface area contributed by atoms with E-state index in [-0.39, 0.29) is 23.0 Å². The molecule has 0 saturated carbocycles. The van der Waals surface area contributed by atoms with Crippen molar-refractivity contribution >= 4 is 23.1 Å². The second-order valence-corrected chi connectivity index (χ2v) is 6.40. The van der Waals surface area contributed by atoms with E-state index >= 15 is 0 Å². The summed E-state index contributed by atoms with van der Waals surface area (Å²) in [5, 5.41) is 11.2. The number of hydrogen-bond acceptors (Lipinski definition) is 7. The number of rotatable bonds is 6. The molecule has 0 bridgehead atoms. The van der Waals surface area contributed by atoms with Crippen molar-refractivity contribution in [2.24, 2.45) is 0 Å². The second kappa shape index (κ2) is 8.34. The molecule has 0 radical (unpaired) electrons. The van der Waals surface area contributed by atoms with Gasteiger partial charge in [-0.1, -0.05) is 30.3 Å². The van der Waals surface area contributed by atoms with Gasteiger partial charge in [0.05, 0.1) is 12.7 Å². The Morgan fingerprint density at radius 2 is 1.96 bits per heavy atom.